The van der Waals surface area contributed by atoms with Crippen molar-refractivity contribution in [2.24, 2.45) is 0 Å². The number of rotatable bonds is 2. The Morgan fingerprint density at radius 1 is 1.54 bits per heavy atom. The molecule has 2 aromatic rings. The fourth-order valence-electron chi connectivity index (χ4n) is 1.19. The van der Waals surface area contributed by atoms with E-state index in [1.807, 2.05) is 25.3 Å². The van der Waals surface area contributed by atoms with Crippen molar-refractivity contribution >= 4 is 5.65 Å². The first-order valence-electron chi connectivity index (χ1n) is 4.23. The van der Waals surface area contributed by atoms with E-state index in [0.29, 0.717) is 0 Å². The third-order valence-corrected chi connectivity index (χ3v) is 1.90. The first kappa shape index (κ1) is 8.04. The van der Waals surface area contributed by atoms with Gasteiger partial charge in [-0.25, -0.2) is 9.50 Å². The summed E-state index contributed by atoms with van der Waals surface area (Å²) in [6.07, 6.45) is 2.70. The van der Waals surface area contributed by atoms with Crippen molar-refractivity contribution in [3.05, 3.63) is 24.2 Å². The van der Waals surface area contributed by atoms with E-state index in [9.17, 15) is 0 Å². The largest absolute Gasteiger partial charge is 0.497 e. The molecule has 0 bridgehead atoms. The van der Waals surface area contributed by atoms with Crippen LogP contribution in [0.25, 0.3) is 5.65 Å². The lowest BCUT2D eigenvalue weighted by Gasteiger charge is -1.97. The second kappa shape index (κ2) is 3.05. The number of methoxy groups -OCH3 is 1. The molecule has 68 valence electrons. The van der Waals surface area contributed by atoms with Crippen LogP contribution in [0.4, 0.5) is 0 Å². The van der Waals surface area contributed by atoms with Gasteiger partial charge in [-0.05, 0) is 6.07 Å². The van der Waals surface area contributed by atoms with Crippen LogP contribution in [0.15, 0.2) is 18.3 Å². The Balaban J connectivity index is 2.57. The maximum Gasteiger partial charge on any atom is 0.159 e. The van der Waals surface area contributed by atoms with Gasteiger partial charge in [-0.1, -0.05) is 6.92 Å². The normalized spacial score (nSPS) is 10.6. The molecule has 0 aliphatic rings. The number of pyridine rings is 1. The maximum absolute atomic E-state index is 5.08. The smallest absolute Gasteiger partial charge is 0.159 e. The highest BCUT2D eigenvalue weighted by Gasteiger charge is 2.01. The van der Waals surface area contributed by atoms with Crippen molar-refractivity contribution in [1.29, 1.82) is 0 Å². The Kier molecular flexibility index (Phi) is 1.88. The predicted octanol–water partition coefficient (Wildman–Crippen LogP) is 1.30. The molecule has 0 unspecified atom stereocenters. The first-order valence-corrected chi connectivity index (χ1v) is 4.23. The quantitative estimate of drug-likeness (QED) is 0.694. The van der Waals surface area contributed by atoms with E-state index in [1.165, 1.54) is 0 Å². The van der Waals surface area contributed by atoms with Gasteiger partial charge in [0.05, 0.1) is 7.11 Å². The maximum atomic E-state index is 5.08. The third kappa shape index (κ3) is 1.35. The van der Waals surface area contributed by atoms with Crippen LogP contribution in [0, 0.1) is 0 Å². The van der Waals surface area contributed by atoms with E-state index in [-0.39, 0.29) is 0 Å². The zero-order chi connectivity index (χ0) is 9.26. The van der Waals surface area contributed by atoms with Gasteiger partial charge in [-0.3, -0.25) is 0 Å². The molecule has 0 saturated carbocycles. The second-order valence-corrected chi connectivity index (χ2v) is 2.75. The van der Waals surface area contributed by atoms with Crippen LogP contribution in [0.2, 0.25) is 0 Å². The lowest BCUT2D eigenvalue weighted by molar-refractivity contribution is 0.414. The van der Waals surface area contributed by atoms with Crippen LogP contribution in [-0.2, 0) is 6.42 Å². The summed E-state index contributed by atoms with van der Waals surface area (Å²) >= 11 is 0. The van der Waals surface area contributed by atoms with E-state index >= 15 is 0 Å². The number of hydrogen-bond acceptors (Lipinski definition) is 3. The molecule has 0 aliphatic heterocycles. The van der Waals surface area contributed by atoms with Crippen LogP contribution < -0.4 is 4.74 Å². The lowest BCUT2D eigenvalue weighted by atomic mass is 10.4. The summed E-state index contributed by atoms with van der Waals surface area (Å²) in [7, 11) is 1.64. The molecular weight excluding hydrogens is 166 g/mol. The summed E-state index contributed by atoms with van der Waals surface area (Å²) in [5.74, 6) is 1.66. The van der Waals surface area contributed by atoms with Crippen LogP contribution in [0.3, 0.4) is 0 Å². The van der Waals surface area contributed by atoms with Crippen molar-refractivity contribution in [2.75, 3.05) is 7.11 Å². The van der Waals surface area contributed by atoms with Crippen LogP contribution >= 0.6 is 0 Å². The molecule has 4 heteroatoms. The highest BCUT2D eigenvalue weighted by molar-refractivity contribution is 5.43. The van der Waals surface area contributed by atoms with Crippen molar-refractivity contribution in [2.45, 2.75) is 13.3 Å². The number of hydrogen-bond donors (Lipinski definition) is 0. The van der Waals surface area contributed by atoms with Gasteiger partial charge < -0.3 is 4.74 Å². The topological polar surface area (TPSA) is 39.4 Å². The molecule has 0 spiro atoms. The summed E-state index contributed by atoms with van der Waals surface area (Å²) in [4.78, 5) is 4.31. The number of nitrogens with zero attached hydrogens (tertiary/aromatic N) is 3. The summed E-state index contributed by atoms with van der Waals surface area (Å²) in [6, 6.07) is 3.73. The molecule has 0 radical (unpaired) electrons. The predicted molar refractivity (Wildman–Crippen MR) is 48.9 cm³/mol. The van der Waals surface area contributed by atoms with Crippen LogP contribution in [0.5, 0.6) is 5.75 Å². The van der Waals surface area contributed by atoms with E-state index in [0.717, 1.165) is 23.6 Å². The standard InChI is InChI=1S/C9H11N3O/c1-3-8-10-9-6-7(13-2)4-5-12(9)11-8/h4-6H,3H2,1-2H3. The minimum atomic E-state index is 0.808. The van der Waals surface area contributed by atoms with E-state index < -0.39 is 0 Å². The molecule has 0 atom stereocenters. The van der Waals surface area contributed by atoms with Crippen LogP contribution in [-0.4, -0.2) is 21.7 Å². The minimum Gasteiger partial charge on any atom is -0.497 e. The Bertz CT molecular complexity index is 420. The van der Waals surface area contributed by atoms with Gasteiger partial charge >= 0.3 is 0 Å². The average Bonchev–Trinajstić information content (AvgIpc) is 2.58. The molecule has 0 fully saturated rings. The van der Waals surface area contributed by atoms with Gasteiger partial charge in [0.2, 0.25) is 0 Å². The Morgan fingerprint density at radius 2 is 2.38 bits per heavy atom. The van der Waals surface area contributed by atoms with Crippen molar-refractivity contribution in [3.8, 4) is 5.75 Å². The molecule has 2 rings (SSSR count). The number of fused-ring (bicyclic) bond motifs is 1. The van der Waals surface area contributed by atoms with Gasteiger partial charge in [0.1, 0.15) is 5.75 Å². The van der Waals surface area contributed by atoms with Gasteiger partial charge in [-0.15, -0.1) is 0 Å². The van der Waals surface area contributed by atoms with Crippen molar-refractivity contribution < 1.29 is 4.74 Å². The molecule has 4 nitrogen and oxygen atoms in total. The molecule has 2 heterocycles. The molecule has 2 aromatic heterocycles. The molecule has 0 saturated heterocycles. The second-order valence-electron chi connectivity index (χ2n) is 2.75. The molecule has 0 aliphatic carbocycles. The van der Waals surface area contributed by atoms with E-state index in [2.05, 4.69) is 10.1 Å². The van der Waals surface area contributed by atoms with E-state index in [1.54, 1.807) is 11.6 Å². The first-order chi connectivity index (χ1) is 6.33. The van der Waals surface area contributed by atoms with Crippen LogP contribution in [0.1, 0.15) is 12.7 Å². The Hall–Kier alpha value is -1.58. The lowest BCUT2D eigenvalue weighted by Crippen LogP contribution is -1.89. The number of ether oxygens (including phenoxy) is 1. The average molecular weight is 177 g/mol. The fourth-order valence-corrected chi connectivity index (χ4v) is 1.19. The third-order valence-electron chi connectivity index (χ3n) is 1.90. The number of aromatic nitrogens is 3. The van der Waals surface area contributed by atoms with Crippen molar-refractivity contribution in [3.63, 3.8) is 0 Å². The Morgan fingerprint density at radius 3 is 3.08 bits per heavy atom. The number of aryl methyl sites for hydroxylation is 1. The fraction of sp³-hybridized carbons (Fsp3) is 0.333. The van der Waals surface area contributed by atoms with Crippen molar-refractivity contribution in [1.82, 2.24) is 14.6 Å². The minimum absolute atomic E-state index is 0.808. The summed E-state index contributed by atoms with van der Waals surface area (Å²) < 4.78 is 6.84. The highest BCUT2D eigenvalue weighted by atomic mass is 16.5. The molecule has 0 N–H and O–H groups in total. The van der Waals surface area contributed by atoms with E-state index in [4.69, 9.17) is 4.74 Å². The molecule has 0 aromatic carbocycles. The molecule has 0 amide bonds. The molecule has 13 heavy (non-hydrogen) atoms. The Labute approximate surface area is 76.2 Å². The monoisotopic (exact) mass is 177 g/mol. The highest BCUT2D eigenvalue weighted by Crippen LogP contribution is 2.12. The SMILES string of the molecule is CCc1nc2cc(OC)ccn2n1. The van der Waals surface area contributed by atoms with Gasteiger partial charge in [0, 0.05) is 18.7 Å². The zero-order valence-corrected chi connectivity index (χ0v) is 7.69. The summed E-state index contributed by atoms with van der Waals surface area (Å²) in [5, 5.41) is 4.26. The molecular formula is C9H11N3O. The summed E-state index contributed by atoms with van der Waals surface area (Å²) in [5.41, 5.74) is 0.830. The van der Waals surface area contributed by atoms with Gasteiger partial charge in [0.25, 0.3) is 0 Å². The van der Waals surface area contributed by atoms with Gasteiger partial charge in [-0.2, -0.15) is 5.10 Å². The summed E-state index contributed by atoms with van der Waals surface area (Å²) in [6.45, 7) is 2.03. The zero-order valence-electron chi connectivity index (χ0n) is 7.69. The van der Waals surface area contributed by atoms with Gasteiger partial charge in [0.15, 0.2) is 11.5 Å².